The van der Waals surface area contributed by atoms with Gasteiger partial charge in [0.15, 0.2) is 5.78 Å². The largest absolute Gasteiger partial charge is 0.324 e. The summed E-state index contributed by atoms with van der Waals surface area (Å²) in [4.78, 5) is 28.7. The topological polar surface area (TPSA) is 66.6 Å². The van der Waals surface area contributed by atoms with Gasteiger partial charge >= 0.3 is 6.03 Å². The van der Waals surface area contributed by atoms with Gasteiger partial charge in [-0.1, -0.05) is 18.2 Å². The van der Waals surface area contributed by atoms with Crippen LogP contribution in [0.3, 0.4) is 0 Å². The Morgan fingerprint density at radius 1 is 0.967 bits per heavy atom. The highest BCUT2D eigenvalue weighted by Gasteiger charge is 2.26. The van der Waals surface area contributed by atoms with Crippen LogP contribution >= 0.6 is 0 Å². The van der Waals surface area contributed by atoms with Gasteiger partial charge in [-0.2, -0.15) is 0 Å². The number of nitrogens with zero attached hydrogens (tertiary/aromatic N) is 2. The monoisotopic (exact) mass is 409 g/mol. The normalized spacial score (nSPS) is 15.7. The van der Waals surface area contributed by atoms with Crippen LogP contribution in [0.4, 0.5) is 14.9 Å². The van der Waals surface area contributed by atoms with Crippen LogP contribution in [0.5, 0.6) is 0 Å². The highest BCUT2D eigenvalue weighted by Crippen LogP contribution is 2.29. The number of benzene rings is 2. The fourth-order valence-electron chi connectivity index (χ4n) is 4.39. The summed E-state index contributed by atoms with van der Waals surface area (Å²) >= 11 is 0. The van der Waals surface area contributed by atoms with E-state index in [-0.39, 0.29) is 30.5 Å². The first-order valence-corrected chi connectivity index (χ1v) is 10.8. The predicted octanol–water partition coefficient (Wildman–Crippen LogP) is 4.07. The van der Waals surface area contributed by atoms with E-state index >= 15 is 0 Å². The molecular formula is C24H28FN3O2. The molecule has 2 aromatic carbocycles. The molecule has 2 amide bonds. The van der Waals surface area contributed by atoms with Gasteiger partial charge in [-0.15, -0.1) is 0 Å². The van der Waals surface area contributed by atoms with Crippen LogP contribution in [-0.4, -0.2) is 36.3 Å². The van der Waals surface area contributed by atoms with Crippen molar-refractivity contribution in [2.75, 3.05) is 24.5 Å². The Labute approximate surface area is 176 Å². The Morgan fingerprint density at radius 2 is 1.73 bits per heavy atom. The number of amides is 2. The standard InChI is InChI=1S/C24H28FN3O2/c25-22-14-19(23(29)15-26)7-8-20(22)16-28(24(30)27-11-2-1-3-12-27)21-10-9-17-5-4-6-18(17)13-21/h7-10,13-14H,1-6,11-12,15-16,26H2. The molecule has 30 heavy (non-hydrogen) atoms. The molecule has 0 spiro atoms. The Bertz CT molecular complexity index is 953. The predicted molar refractivity (Wildman–Crippen MR) is 115 cm³/mol. The summed E-state index contributed by atoms with van der Waals surface area (Å²) < 4.78 is 14.8. The van der Waals surface area contributed by atoms with Crippen LogP contribution in [0.2, 0.25) is 0 Å². The molecular weight excluding hydrogens is 381 g/mol. The number of carbonyl (C=O) groups excluding carboxylic acids is 2. The molecule has 6 heteroatoms. The highest BCUT2D eigenvalue weighted by atomic mass is 19.1. The maximum atomic E-state index is 14.8. The van der Waals surface area contributed by atoms with Crippen LogP contribution in [-0.2, 0) is 19.4 Å². The summed E-state index contributed by atoms with van der Waals surface area (Å²) in [6, 6.07) is 10.4. The SMILES string of the molecule is NCC(=O)c1ccc(CN(C(=O)N2CCCCC2)c2ccc3c(c2)CCC3)c(F)c1. The highest BCUT2D eigenvalue weighted by molar-refractivity contribution is 5.97. The molecule has 0 bridgehead atoms. The maximum Gasteiger partial charge on any atom is 0.324 e. The van der Waals surface area contributed by atoms with E-state index in [9.17, 15) is 14.0 Å². The Hall–Kier alpha value is -2.73. The van der Waals surface area contributed by atoms with Crippen molar-refractivity contribution in [3.8, 4) is 0 Å². The van der Waals surface area contributed by atoms with Crippen molar-refractivity contribution < 1.29 is 14.0 Å². The smallest absolute Gasteiger partial charge is 0.324 e. The van der Waals surface area contributed by atoms with Gasteiger partial charge in [-0.3, -0.25) is 9.69 Å². The lowest BCUT2D eigenvalue weighted by Gasteiger charge is -2.33. The average molecular weight is 410 g/mol. The van der Waals surface area contributed by atoms with Crippen molar-refractivity contribution in [3.63, 3.8) is 0 Å². The number of nitrogens with two attached hydrogens (primary N) is 1. The summed E-state index contributed by atoms with van der Waals surface area (Å²) in [6.07, 6.45) is 6.33. The number of hydrogen-bond donors (Lipinski definition) is 1. The molecule has 4 rings (SSSR count). The molecule has 0 saturated carbocycles. The zero-order valence-corrected chi connectivity index (χ0v) is 17.2. The lowest BCUT2D eigenvalue weighted by molar-refractivity contribution is 0.100. The van der Waals surface area contributed by atoms with Crippen molar-refractivity contribution in [2.45, 2.75) is 45.1 Å². The molecule has 1 aliphatic heterocycles. The summed E-state index contributed by atoms with van der Waals surface area (Å²) in [7, 11) is 0. The molecule has 2 N–H and O–H groups in total. The molecule has 0 atom stereocenters. The average Bonchev–Trinajstić information content (AvgIpc) is 3.25. The summed E-state index contributed by atoms with van der Waals surface area (Å²) in [6.45, 7) is 1.42. The number of anilines is 1. The third-order valence-electron chi connectivity index (χ3n) is 6.14. The minimum absolute atomic E-state index is 0.0887. The second kappa shape index (κ2) is 8.96. The van der Waals surface area contributed by atoms with Gasteiger partial charge in [0.1, 0.15) is 5.82 Å². The van der Waals surface area contributed by atoms with Crippen molar-refractivity contribution in [1.82, 2.24) is 4.90 Å². The summed E-state index contributed by atoms with van der Waals surface area (Å²) in [5.41, 5.74) is 9.43. The van der Waals surface area contributed by atoms with Crippen molar-refractivity contribution in [2.24, 2.45) is 5.73 Å². The van der Waals surface area contributed by atoms with E-state index in [1.54, 1.807) is 17.0 Å². The van der Waals surface area contributed by atoms with Gasteiger partial charge in [0.2, 0.25) is 0 Å². The van der Waals surface area contributed by atoms with E-state index in [2.05, 4.69) is 12.1 Å². The van der Waals surface area contributed by atoms with Gasteiger partial charge in [0.25, 0.3) is 0 Å². The molecule has 1 saturated heterocycles. The van der Waals surface area contributed by atoms with E-state index in [1.807, 2.05) is 11.0 Å². The lowest BCUT2D eigenvalue weighted by Crippen LogP contribution is -2.45. The minimum atomic E-state index is -0.494. The molecule has 0 unspecified atom stereocenters. The maximum absolute atomic E-state index is 14.8. The Balaban J connectivity index is 1.65. The number of ketones is 1. The molecule has 0 radical (unpaired) electrons. The van der Waals surface area contributed by atoms with E-state index in [1.165, 1.54) is 17.2 Å². The number of halogens is 1. The molecule has 2 aliphatic rings. The van der Waals surface area contributed by atoms with Crippen LogP contribution in [0.25, 0.3) is 0 Å². The first-order valence-electron chi connectivity index (χ1n) is 10.8. The zero-order valence-electron chi connectivity index (χ0n) is 17.2. The van der Waals surface area contributed by atoms with Crippen LogP contribution in [0.1, 0.15) is 52.7 Å². The Morgan fingerprint density at radius 3 is 2.47 bits per heavy atom. The summed E-state index contributed by atoms with van der Waals surface area (Å²) in [5.74, 6) is -0.799. The van der Waals surface area contributed by atoms with E-state index < -0.39 is 5.82 Å². The second-order valence-electron chi connectivity index (χ2n) is 8.16. The lowest BCUT2D eigenvalue weighted by atomic mass is 10.1. The van der Waals surface area contributed by atoms with Gasteiger partial charge in [-0.05, 0) is 67.9 Å². The number of Topliss-reactive ketones (excluding diaryl/α,β-unsaturated/α-hetero) is 1. The number of fused-ring (bicyclic) bond motifs is 1. The fraction of sp³-hybridized carbons (Fsp3) is 0.417. The number of hydrogen-bond acceptors (Lipinski definition) is 3. The first kappa shape index (κ1) is 20.5. The van der Waals surface area contributed by atoms with Crippen molar-refractivity contribution >= 4 is 17.5 Å². The van der Waals surface area contributed by atoms with Crippen molar-refractivity contribution in [3.05, 3.63) is 64.5 Å². The van der Waals surface area contributed by atoms with E-state index in [0.29, 0.717) is 5.56 Å². The number of likely N-dealkylation sites (tertiary alicyclic amines) is 1. The van der Waals surface area contributed by atoms with Gasteiger partial charge in [-0.25, -0.2) is 9.18 Å². The molecule has 158 valence electrons. The molecule has 1 heterocycles. The number of urea groups is 1. The number of carbonyl (C=O) groups is 2. The van der Waals surface area contributed by atoms with Gasteiger partial charge < -0.3 is 10.6 Å². The van der Waals surface area contributed by atoms with Gasteiger partial charge in [0, 0.05) is 29.9 Å². The zero-order chi connectivity index (χ0) is 21.1. The van der Waals surface area contributed by atoms with E-state index in [0.717, 1.165) is 57.3 Å². The molecule has 1 aliphatic carbocycles. The molecule has 5 nitrogen and oxygen atoms in total. The molecule has 1 fully saturated rings. The van der Waals surface area contributed by atoms with Crippen LogP contribution < -0.4 is 10.6 Å². The number of aryl methyl sites for hydroxylation is 2. The molecule has 2 aromatic rings. The number of rotatable bonds is 5. The quantitative estimate of drug-likeness (QED) is 0.757. The Kier molecular flexibility index (Phi) is 6.13. The van der Waals surface area contributed by atoms with Gasteiger partial charge in [0.05, 0.1) is 13.1 Å². The third-order valence-corrected chi connectivity index (χ3v) is 6.14. The second-order valence-corrected chi connectivity index (χ2v) is 8.16. The number of piperidine rings is 1. The van der Waals surface area contributed by atoms with Crippen LogP contribution in [0, 0.1) is 5.82 Å². The minimum Gasteiger partial charge on any atom is -0.324 e. The summed E-state index contributed by atoms with van der Waals surface area (Å²) in [5, 5.41) is 0. The van der Waals surface area contributed by atoms with E-state index in [4.69, 9.17) is 5.73 Å². The van der Waals surface area contributed by atoms with Crippen LogP contribution in [0.15, 0.2) is 36.4 Å². The molecule has 0 aromatic heterocycles. The third kappa shape index (κ3) is 4.24. The first-order chi connectivity index (χ1) is 14.6. The fourth-order valence-corrected chi connectivity index (χ4v) is 4.39. The van der Waals surface area contributed by atoms with Crippen molar-refractivity contribution in [1.29, 1.82) is 0 Å².